The van der Waals surface area contributed by atoms with Gasteiger partial charge < -0.3 is 5.11 Å². The second-order valence-corrected chi connectivity index (χ2v) is 7.34. The van der Waals surface area contributed by atoms with E-state index in [2.05, 4.69) is 36.1 Å². The Hall–Kier alpha value is -0.650. The number of carboxylic acids is 1. The van der Waals surface area contributed by atoms with Crippen molar-refractivity contribution in [3.05, 3.63) is 29.8 Å². The molecule has 1 N–H and O–H groups in total. The molecule has 2 rings (SSSR count). The lowest BCUT2D eigenvalue weighted by atomic mass is 10.2. The van der Waals surface area contributed by atoms with Gasteiger partial charge in [0.05, 0.1) is 6.42 Å². The van der Waals surface area contributed by atoms with Crippen LogP contribution in [0.4, 0.5) is 0 Å². The monoisotopic (exact) mass is 311 g/mol. The first-order valence-electron chi connectivity index (χ1n) is 6.88. The Balaban J connectivity index is 1.79. The van der Waals surface area contributed by atoms with E-state index in [4.69, 9.17) is 5.11 Å². The van der Waals surface area contributed by atoms with Crippen molar-refractivity contribution in [3.63, 3.8) is 0 Å². The highest BCUT2D eigenvalue weighted by Gasteiger charge is 2.24. The van der Waals surface area contributed by atoms with Crippen LogP contribution in [-0.4, -0.2) is 52.4 Å². The van der Waals surface area contributed by atoms with Gasteiger partial charge in [-0.2, -0.15) is 11.8 Å². The minimum absolute atomic E-state index is 0.199. The number of nitrogens with zero attached hydrogens (tertiary/aromatic N) is 1. The third kappa shape index (κ3) is 5.04. The third-order valence-electron chi connectivity index (χ3n) is 3.43. The zero-order valence-corrected chi connectivity index (χ0v) is 13.4. The van der Waals surface area contributed by atoms with Gasteiger partial charge >= 0.3 is 5.97 Å². The fourth-order valence-electron chi connectivity index (χ4n) is 2.29. The predicted molar refractivity (Wildman–Crippen MR) is 86.8 cm³/mol. The number of carboxylic acid groups (broad SMARTS) is 1. The van der Waals surface area contributed by atoms with Crippen LogP contribution in [0.3, 0.4) is 0 Å². The van der Waals surface area contributed by atoms with Crippen molar-refractivity contribution in [3.8, 4) is 0 Å². The number of hydrogen-bond donors (Lipinski definition) is 1. The van der Waals surface area contributed by atoms with Crippen LogP contribution in [0.1, 0.15) is 12.0 Å². The van der Waals surface area contributed by atoms with Crippen molar-refractivity contribution in [2.24, 2.45) is 0 Å². The molecule has 1 atom stereocenters. The Morgan fingerprint density at radius 1 is 1.45 bits per heavy atom. The molecule has 0 aromatic heterocycles. The van der Waals surface area contributed by atoms with Crippen molar-refractivity contribution in [2.75, 3.05) is 30.3 Å². The summed E-state index contributed by atoms with van der Waals surface area (Å²) in [7, 11) is 0. The van der Waals surface area contributed by atoms with Crippen LogP contribution in [0.15, 0.2) is 29.2 Å². The van der Waals surface area contributed by atoms with Gasteiger partial charge in [0.25, 0.3) is 0 Å². The average molecular weight is 311 g/mol. The van der Waals surface area contributed by atoms with Crippen LogP contribution in [0, 0.1) is 6.92 Å². The molecule has 1 aromatic carbocycles. The van der Waals surface area contributed by atoms with Gasteiger partial charge in [0.15, 0.2) is 0 Å². The predicted octanol–water partition coefficient (Wildman–Crippen LogP) is 2.98. The maximum absolute atomic E-state index is 10.9. The standard InChI is InChI=1S/C15H21NO2S2/c1-12-2-4-14(5-3-12)20-9-7-16-6-8-19-11-13(16)10-15(17)18/h2-5,13H,6-11H2,1H3,(H,17,18). The summed E-state index contributed by atoms with van der Waals surface area (Å²) in [5.74, 6) is 2.39. The molecule has 110 valence electrons. The number of thioether (sulfide) groups is 2. The number of hydrogen-bond acceptors (Lipinski definition) is 4. The first-order valence-corrected chi connectivity index (χ1v) is 9.02. The number of aliphatic carboxylic acids is 1. The second kappa shape index (κ2) is 7.96. The third-order valence-corrected chi connectivity index (χ3v) is 5.51. The Bertz CT molecular complexity index is 436. The van der Waals surface area contributed by atoms with Crippen LogP contribution >= 0.6 is 23.5 Å². The molecule has 1 aromatic rings. The molecule has 3 nitrogen and oxygen atoms in total. The minimum atomic E-state index is -0.686. The number of carbonyl (C=O) groups is 1. The lowest BCUT2D eigenvalue weighted by Gasteiger charge is -2.34. The van der Waals surface area contributed by atoms with Crippen molar-refractivity contribution in [2.45, 2.75) is 24.3 Å². The largest absolute Gasteiger partial charge is 0.481 e. The summed E-state index contributed by atoms with van der Waals surface area (Å²) < 4.78 is 0. The quantitative estimate of drug-likeness (QED) is 0.818. The van der Waals surface area contributed by atoms with Crippen molar-refractivity contribution >= 4 is 29.5 Å². The molecule has 0 amide bonds. The van der Waals surface area contributed by atoms with Crippen LogP contribution in [0.2, 0.25) is 0 Å². The molecule has 1 aliphatic heterocycles. The zero-order chi connectivity index (χ0) is 14.4. The summed E-state index contributed by atoms with van der Waals surface area (Å²) in [5.41, 5.74) is 1.28. The maximum atomic E-state index is 10.9. The molecule has 0 aliphatic carbocycles. The summed E-state index contributed by atoms with van der Waals surface area (Å²) in [6.07, 6.45) is 0.266. The van der Waals surface area contributed by atoms with E-state index in [-0.39, 0.29) is 12.5 Å². The highest BCUT2D eigenvalue weighted by atomic mass is 32.2. The molecule has 5 heteroatoms. The van der Waals surface area contributed by atoms with Gasteiger partial charge in [-0.15, -0.1) is 11.8 Å². The summed E-state index contributed by atoms with van der Waals surface area (Å²) in [6.45, 7) is 4.07. The van der Waals surface area contributed by atoms with Crippen LogP contribution in [-0.2, 0) is 4.79 Å². The molecule has 0 saturated carbocycles. The van der Waals surface area contributed by atoms with E-state index < -0.39 is 5.97 Å². The highest BCUT2D eigenvalue weighted by Crippen LogP contribution is 2.22. The van der Waals surface area contributed by atoms with Crippen LogP contribution in [0.5, 0.6) is 0 Å². The van der Waals surface area contributed by atoms with Crippen molar-refractivity contribution in [1.82, 2.24) is 4.90 Å². The van der Waals surface area contributed by atoms with Gasteiger partial charge in [-0.1, -0.05) is 17.7 Å². The molecule has 1 saturated heterocycles. The lowest BCUT2D eigenvalue weighted by Crippen LogP contribution is -2.44. The van der Waals surface area contributed by atoms with E-state index in [9.17, 15) is 4.79 Å². The fraction of sp³-hybridized carbons (Fsp3) is 0.533. The molecule has 1 fully saturated rings. The highest BCUT2D eigenvalue weighted by molar-refractivity contribution is 7.99. The summed E-state index contributed by atoms with van der Waals surface area (Å²) >= 11 is 3.72. The topological polar surface area (TPSA) is 40.5 Å². The van der Waals surface area contributed by atoms with Gasteiger partial charge in [0.2, 0.25) is 0 Å². The summed E-state index contributed by atoms with van der Waals surface area (Å²) in [5, 5.41) is 8.97. The SMILES string of the molecule is Cc1ccc(SCCN2CCSCC2CC(=O)O)cc1. The molecule has 20 heavy (non-hydrogen) atoms. The Morgan fingerprint density at radius 2 is 2.20 bits per heavy atom. The fourth-order valence-corrected chi connectivity index (χ4v) is 4.31. The molecule has 0 spiro atoms. The van der Waals surface area contributed by atoms with Crippen LogP contribution < -0.4 is 0 Å². The van der Waals surface area contributed by atoms with Crippen LogP contribution in [0.25, 0.3) is 0 Å². The number of rotatable bonds is 6. The summed E-state index contributed by atoms with van der Waals surface area (Å²) in [4.78, 5) is 14.5. The van der Waals surface area contributed by atoms with E-state index >= 15 is 0 Å². The molecule has 1 unspecified atom stereocenters. The molecule has 0 radical (unpaired) electrons. The van der Waals surface area contributed by atoms with E-state index in [1.165, 1.54) is 10.5 Å². The first-order chi connectivity index (χ1) is 9.65. The first kappa shape index (κ1) is 15.7. The molecular formula is C15H21NO2S2. The van der Waals surface area contributed by atoms with Gasteiger partial charge in [0, 0.05) is 41.3 Å². The zero-order valence-electron chi connectivity index (χ0n) is 11.7. The van der Waals surface area contributed by atoms with Gasteiger partial charge in [0.1, 0.15) is 0 Å². The Labute approximate surface area is 129 Å². The van der Waals surface area contributed by atoms with E-state index in [0.717, 1.165) is 30.3 Å². The molecular weight excluding hydrogens is 290 g/mol. The summed E-state index contributed by atoms with van der Waals surface area (Å²) in [6, 6.07) is 8.77. The van der Waals surface area contributed by atoms with Gasteiger partial charge in [-0.25, -0.2) is 0 Å². The Kier molecular flexibility index (Phi) is 6.26. The van der Waals surface area contributed by atoms with E-state index in [0.29, 0.717) is 0 Å². The van der Waals surface area contributed by atoms with Gasteiger partial charge in [-0.05, 0) is 19.1 Å². The Morgan fingerprint density at radius 3 is 2.90 bits per heavy atom. The van der Waals surface area contributed by atoms with E-state index in [1.807, 2.05) is 23.5 Å². The minimum Gasteiger partial charge on any atom is -0.481 e. The van der Waals surface area contributed by atoms with E-state index in [1.54, 1.807) is 0 Å². The second-order valence-electron chi connectivity index (χ2n) is 5.02. The smallest absolute Gasteiger partial charge is 0.304 e. The van der Waals surface area contributed by atoms with Gasteiger partial charge in [-0.3, -0.25) is 9.69 Å². The number of aryl methyl sites for hydroxylation is 1. The molecule has 1 aliphatic rings. The average Bonchev–Trinajstić information content (AvgIpc) is 2.42. The lowest BCUT2D eigenvalue weighted by molar-refractivity contribution is -0.138. The normalized spacial score (nSPS) is 19.9. The molecule has 0 bridgehead atoms. The van der Waals surface area contributed by atoms with Crippen molar-refractivity contribution in [1.29, 1.82) is 0 Å². The molecule has 1 heterocycles. The number of benzene rings is 1. The maximum Gasteiger partial charge on any atom is 0.304 e. The van der Waals surface area contributed by atoms with Crippen molar-refractivity contribution < 1.29 is 9.90 Å².